The Balaban J connectivity index is 2.06. The number of hydrogen-bond acceptors (Lipinski definition) is 5. The average Bonchev–Trinajstić information content (AvgIpc) is 2.70. The fraction of sp³-hybridized carbons (Fsp3) is 0.692. The van der Waals surface area contributed by atoms with Gasteiger partial charge >= 0.3 is 0 Å². The molecule has 0 bridgehead atoms. The summed E-state index contributed by atoms with van der Waals surface area (Å²) in [6.45, 7) is 6.67. The van der Waals surface area contributed by atoms with Crippen molar-refractivity contribution in [2.24, 2.45) is 5.73 Å². The normalized spacial score (nSPS) is 20.0. The molecule has 1 aliphatic rings. The van der Waals surface area contributed by atoms with Crippen molar-refractivity contribution in [3.8, 4) is 0 Å². The van der Waals surface area contributed by atoms with Gasteiger partial charge in [0, 0.05) is 18.8 Å². The largest absolute Gasteiger partial charge is 0.381 e. The molecular formula is C13H21N3O3. The van der Waals surface area contributed by atoms with Gasteiger partial charge in [0.2, 0.25) is 5.91 Å². The zero-order valence-corrected chi connectivity index (χ0v) is 11.7. The van der Waals surface area contributed by atoms with Gasteiger partial charge in [-0.2, -0.15) is 0 Å². The lowest BCUT2D eigenvalue weighted by molar-refractivity contribution is -0.130. The SMILES string of the molecule is Cc1noc(C)c1C(C)NC(=O)C1(N)CCOCC1. The number of nitrogens with one attached hydrogen (secondary N) is 1. The first-order chi connectivity index (χ1) is 8.94. The molecule has 6 nitrogen and oxygen atoms in total. The lowest BCUT2D eigenvalue weighted by atomic mass is 9.90. The van der Waals surface area contributed by atoms with Gasteiger partial charge in [0.1, 0.15) is 5.76 Å². The van der Waals surface area contributed by atoms with E-state index in [1.54, 1.807) is 0 Å². The van der Waals surface area contributed by atoms with Gasteiger partial charge in [0.05, 0.1) is 17.3 Å². The first-order valence-electron chi connectivity index (χ1n) is 6.54. The second kappa shape index (κ2) is 5.30. The summed E-state index contributed by atoms with van der Waals surface area (Å²) in [6.07, 6.45) is 1.10. The van der Waals surface area contributed by atoms with Crippen LogP contribution in [0.4, 0.5) is 0 Å². The minimum absolute atomic E-state index is 0.136. The van der Waals surface area contributed by atoms with Gasteiger partial charge in [-0.15, -0.1) is 0 Å². The summed E-state index contributed by atoms with van der Waals surface area (Å²) in [7, 11) is 0. The number of aryl methyl sites for hydroxylation is 2. The highest BCUT2D eigenvalue weighted by molar-refractivity contribution is 5.86. The minimum atomic E-state index is -0.828. The Labute approximate surface area is 112 Å². The molecule has 1 aromatic heterocycles. The molecule has 3 N–H and O–H groups in total. The van der Waals surface area contributed by atoms with E-state index >= 15 is 0 Å². The molecule has 1 amide bonds. The molecular weight excluding hydrogens is 246 g/mol. The van der Waals surface area contributed by atoms with Gasteiger partial charge in [0.25, 0.3) is 0 Å². The van der Waals surface area contributed by atoms with Crippen LogP contribution >= 0.6 is 0 Å². The van der Waals surface area contributed by atoms with Gasteiger partial charge in [-0.1, -0.05) is 5.16 Å². The van der Waals surface area contributed by atoms with E-state index < -0.39 is 5.54 Å². The monoisotopic (exact) mass is 267 g/mol. The predicted molar refractivity (Wildman–Crippen MR) is 69.5 cm³/mol. The van der Waals surface area contributed by atoms with Gasteiger partial charge in [-0.05, 0) is 33.6 Å². The van der Waals surface area contributed by atoms with E-state index in [4.69, 9.17) is 15.0 Å². The third kappa shape index (κ3) is 2.79. The van der Waals surface area contributed by atoms with Gasteiger partial charge < -0.3 is 20.3 Å². The lowest BCUT2D eigenvalue weighted by Gasteiger charge is -2.32. The van der Waals surface area contributed by atoms with Crippen LogP contribution in [0, 0.1) is 13.8 Å². The van der Waals surface area contributed by atoms with Crippen molar-refractivity contribution in [1.82, 2.24) is 10.5 Å². The van der Waals surface area contributed by atoms with Gasteiger partial charge in [-0.25, -0.2) is 0 Å². The lowest BCUT2D eigenvalue weighted by Crippen LogP contribution is -2.57. The van der Waals surface area contributed by atoms with E-state index in [1.807, 2.05) is 20.8 Å². The second-order valence-electron chi connectivity index (χ2n) is 5.20. The Kier molecular flexibility index (Phi) is 3.91. The zero-order chi connectivity index (χ0) is 14.0. The maximum Gasteiger partial charge on any atom is 0.240 e. The van der Waals surface area contributed by atoms with Crippen LogP contribution in [-0.2, 0) is 9.53 Å². The molecule has 1 fully saturated rings. The number of ether oxygens (including phenoxy) is 1. The molecule has 1 aromatic rings. The highest BCUT2D eigenvalue weighted by Gasteiger charge is 2.36. The van der Waals surface area contributed by atoms with E-state index in [1.165, 1.54) is 0 Å². The number of hydrogen-bond donors (Lipinski definition) is 2. The summed E-state index contributed by atoms with van der Waals surface area (Å²) >= 11 is 0. The quantitative estimate of drug-likeness (QED) is 0.851. The van der Waals surface area contributed by atoms with Crippen molar-refractivity contribution >= 4 is 5.91 Å². The number of aromatic nitrogens is 1. The minimum Gasteiger partial charge on any atom is -0.381 e. The molecule has 0 aromatic carbocycles. The van der Waals surface area contributed by atoms with Crippen LogP contribution in [0.3, 0.4) is 0 Å². The van der Waals surface area contributed by atoms with E-state index in [0.29, 0.717) is 26.1 Å². The molecule has 0 aliphatic carbocycles. The molecule has 1 unspecified atom stereocenters. The van der Waals surface area contributed by atoms with Crippen molar-refractivity contribution < 1.29 is 14.1 Å². The molecule has 6 heteroatoms. The van der Waals surface area contributed by atoms with Gasteiger partial charge in [0.15, 0.2) is 0 Å². The summed E-state index contributed by atoms with van der Waals surface area (Å²) in [5.74, 6) is 0.589. The highest BCUT2D eigenvalue weighted by atomic mass is 16.5. The molecule has 106 valence electrons. The Bertz CT molecular complexity index is 444. The molecule has 0 saturated carbocycles. The Morgan fingerprint density at radius 2 is 2.05 bits per heavy atom. The number of nitrogens with two attached hydrogens (primary N) is 1. The summed E-state index contributed by atoms with van der Waals surface area (Å²) in [4.78, 5) is 12.3. The summed E-state index contributed by atoms with van der Waals surface area (Å²) in [5.41, 5.74) is 7.04. The highest BCUT2D eigenvalue weighted by Crippen LogP contribution is 2.23. The smallest absolute Gasteiger partial charge is 0.240 e. The number of amides is 1. The molecule has 0 radical (unpaired) electrons. The van der Waals surface area contributed by atoms with E-state index in [-0.39, 0.29) is 11.9 Å². The number of carbonyl (C=O) groups is 1. The van der Waals surface area contributed by atoms with E-state index in [2.05, 4.69) is 10.5 Å². The first-order valence-corrected chi connectivity index (χ1v) is 6.54. The third-order valence-electron chi connectivity index (χ3n) is 3.71. The van der Waals surface area contributed by atoms with Crippen LogP contribution in [0.5, 0.6) is 0 Å². The number of carbonyl (C=O) groups excluding carboxylic acids is 1. The van der Waals surface area contributed by atoms with Crippen molar-refractivity contribution in [3.05, 3.63) is 17.0 Å². The van der Waals surface area contributed by atoms with Crippen LogP contribution in [0.1, 0.15) is 42.8 Å². The fourth-order valence-electron chi connectivity index (χ4n) is 2.48. The fourth-order valence-corrected chi connectivity index (χ4v) is 2.48. The summed E-state index contributed by atoms with van der Waals surface area (Å²) < 4.78 is 10.4. The number of rotatable bonds is 3. The van der Waals surface area contributed by atoms with Crippen LogP contribution < -0.4 is 11.1 Å². The van der Waals surface area contributed by atoms with Crippen molar-refractivity contribution in [2.45, 2.75) is 45.2 Å². The Morgan fingerprint density at radius 3 is 2.58 bits per heavy atom. The van der Waals surface area contributed by atoms with Crippen LogP contribution in [-0.4, -0.2) is 29.8 Å². The van der Waals surface area contributed by atoms with Crippen molar-refractivity contribution in [3.63, 3.8) is 0 Å². The standard InChI is InChI=1S/C13H21N3O3/c1-8(11-9(2)16-19-10(11)3)15-12(17)13(14)4-6-18-7-5-13/h8H,4-7,14H2,1-3H3,(H,15,17). The zero-order valence-electron chi connectivity index (χ0n) is 11.7. The first kappa shape index (κ1) is 14.0. The van der Waals surface area contributed by atoms with Crippen molar-refractivity contribution in [1.29, 1.82) is 0 Å². The third-order valence-corrected chi connectivity index (χ3v) is 3.71. The predicted octanol–water partition coefficient (Wildman–Crippen LogP) is 0.977. The molecule has 2 heterocycles. The summed E-state index contributed by atoms with van der Waals surface area (Å²) in [6, 6.07) is -0.165. The molecule has 19 heavy (non-hydrogen) atoms. The molecule has 1 aliphatic heterocycles. The Morgan fingerprint density at radius 1 is 1.42 bits per heavy atom. The van der Waals surface area contributed by atoms with Crippen molar-refractivity contribution in [2.75, 3.05) is 13.2 Å². The topological polar surface area (TPSA) is 90.4 Å². The molecule has 1 atom stereocenters. The van der Waals surface area contributed by atoms with Crippen LogP contribution in [0.15, 0.2) is 4.52 Å². The van der Waals surface area contributed by atoms with E-state index in [0.717, 1.165) is 17.0 Å². The average molecular weight is 267 g/mol. The van der Waals surface area contributed by atoms with Crippen LogP contribution in [0.2, 0.25) is 0 Å². The summed E-state index contributed by atoms with van der Waals surface area (Å²) in [5, 5.41) is 6.85. The van der Waals surface area contributed by atoms with Crippen LogP contribution in [0.25, 0.3) is 0 Å². The van der Waals surface area contributed by atoms with Gasteiger partial charge in [-0.3, -0.25) is 4.79 Å². The van der Waals surface area contributed by atoms with E-state index in [9.17, 15) is 4.79 Å². The number of nitrogens with zero attached hydrogens (tertiary/aromatic N) is 1. The molecule has 1 saturated heterocycles. The molecule has 0 spiro atoms. The Hall–Kier alpha value is -1.40. The maximum absolute atomic E-state index is 12.3. The molecule has 2 rings (SSSR count). The maximum atomic E-state index is 12.3. The second-order valence-corrected chi connectivity index (χ2v) is 5.20.